The van der Waals surface area contributed by atoms with Gasteiger partial charge in [-0.25, -0.2) is 4.39 Å². The van der Waals surface area contributed by atoms with Crippen molar-refractivity contribution in [1.29, 1.82) is 0 Å². The van der Waals surface area contributed by atoms with E-state index in [0.29, 0.717) is 10.2 Å². The number of amides is 1. The van der Waals surface area contributed by atoms with Crippen molar-refractivity contribution < 1.29 is 9.18 Å². The van der Waals surface area contributed by atoms with Crippen molar-refractivity contribution >= 4 is 44.1 Å². The van der Waals surface area contributed by atoms with E-state index in [1.54, 1.807) is 18.3 Å². The summed E-state index contributed by atoms with van der Waals surface area (Å²) in [5.74, 6) is -0.961. The number of hydrogen-bond donors (Lipinski definition) is 3. The zero-order valence-corrected chi connectivity index (χ0v) is 12.2. The van der Waals surface area contributed by atoms with Gasteiger partial charge in [-0.2, -0.15) is 5.10 Å². The van der Waals surface area contributed by atoms with Gasteiger partial charge in [0, 0.05) is 9.86 Å². The Labute approximate surface area is 127 Å². The number of fused-ring (bicyclic) bond motifs is 1. The van der Waals surface area contributed by atoms with Gasteiger partial charge < -0.3 is 11.1 Å². The Balaban J connectivity index is 1.97. The van der Waals surface area contributed by atoms with Crippen LogP contribution in [0.2, 0.25) is 0 Å². The van der Waals surface area contributed by atoms with Gasteiger partial charge in [0.15, 0.2) is 0 Å². The number of nitrogens with two attached hydrogens (primary N) is 1. The maximum absolute atomic E-state index is 13.3. The van der Waals surface area contributed by atoms with Crippen LogP contribution in [0.5, 0.6) is 0 Å². The Morgan fingerprint density at radius 2 is 2.19 bits per heavy atom. The summed E-state index contributed by atoms with van der Waals surface area (Å²) < 4.78 is 13.7. The van der Waals surface area contributed by atoms with Crippen molar-refractivity contribution in [2.45, 2.75) is 0 Å². The molecule has 0 saturated heterocycles. The second kappa shape index (κ2) is 5.17. The lowest BCUT2D eigenvalue weighted by molar-refractivity contribution is 0.102. The predicted octanol–water partition coefficient (Wildman–Crippen LogP) is 3.30. The van der Waals surface area contributed by atoms with E-state index in [4.69, 9.17) is 5.73 Å². The number of hydrogen-bond acceptors (Lipinski definition) is 3. The summed E-state index contributed by atoms with van der Waals surface area (Å²) in [6.07, 6.45) is 1.62. The fourth-order valence-electron chi connectivity index (χ4n) is 2.01. The standard InChI is InChI=1S/C14H10BrFN4O/c15-9-5-10(16)11(17)4-7(9)14(21)19-12-2-1-3-13-8(12)6-18-20-13/h1-6H,17H2,(H,18,20)(H,19,21). The van der Waals surface area contributed by atoms with E-state index in [2.05, 4.69) is 31.4 Å². The lowest BCUT2D eigenvalue weighted by Gasteiger charge is -2.09. The van der Waals surface area contributed by atoms with Gasteiger partial charge in [-0.3, -0.25) is 9.89 Å². The molecule has 0 fully saturated rings. The number of nitrogens with one attached hydrogen (secondary N) is 2. The van der Waals surface area contributed by atoms with Crippen molar-refractivity contribution in [2.75, 3.05) is 11.1 Å². The van der Waals surface area contributed by atoms with Crippen molar-refractivity contribution in [3.63, 3.8) is 0 Å². The van der Waals surface area contributed by atoms with E-state index in [0.717, 1.165) is 10.9 Å². The number of aromatic amines is 1. The molecule has 0 unspecified atom stereocenters. The van der Waals surface area contributed by atoms with Gasteiger partial charge in [0.1, 0.15) is 5.82 Å². The van der Waals surface area contributed by atoms with Gasteiger partial charge in [0.25, 0.3) is 5.91 Å². The van der Waals surface area contributed by atoms with Crippen molar-refractivity contribution in [3.05, 3.63) is 52.4 Å². The molecule has 0 aliphatic heterocycles. The van der Waals surface area contributed by atoms with Gasteiger partial charge in [0.05, 0.1) is 28.7 Å². The molecule has 4 N–H and O–H groups in total. The number of rotatable bonds is 2. The van der Waals surface area contributed by atoms with Crippen LogP contribution in [-0.4, -0.2) is 16.1 Å². The molecule has 0 saturated carbocycles. The van der Waals surface area contributed by atoms with E-state index in [-0.39, 0.29) is 17.2 Å². The van der Waals surface area contributed by atoms with Crippen LogP contribution in [0.1, 0.15) is 10.4 Å². The van der Waals surface area contributed by atoms with Crippen LogP contribution in [-0.2, 0) is 0 Å². The molecule has 5 nitrogen and oxygen atoms in total. The van der Waals surface area contributed by atoms with E-state index >= 15 is 0 Å². The lowest BCUT2D eigenvalue weighted by Crippen LogP contribution is -2.13. The Hall–Kier alpha value is -2.41. The van der Waals surface area contributed by atoms with Crippen molar-refractivity contribution in [1.82, 2.24) is 10.2 Å². The SMILES string of the molecule is Nc1cc(C(=O)Nc2cccc3[nH]ncc23)c(Br)cc1F. The molecule has 0 bridgehead atoms. The molecule has 21 heavy (non-hydrogen) atoms. The molecule has 3 rings (SSSR count). The number of nitrogens with zero attached hydrogens (tertiary/aromatic N) is 1. The number of halogens is 2. The minimum Gasteiger partial charge on any atom is -0.396 e. The van der Waals surface area contributed by atoms with Crippen LogP contribution in [0.15, 0.2) is 41.0 Å². The average Bonchev–Trinajstić information content (AvgIpc) is 2.92. The highest BCUT2D eigenvalue weighted by Gasteiger charge is 2.14. The highest BCUT2D eigenvalue weighted by Crippen LogP contribution is 2.26. The molecule has 1 heterocycles. The zero-order valence-electron chi connectivity index (χ0n) is 10.7. The molecular formula is C14H10BrFN4O. The molecule has 0 radical (unpaired) electrons. The van der Waals surface area contributed by atoms with Crippen LogP contribution in [0, 0.1) is 5.82 Å². The average molecular weight is 349 g/mol. The molecule has 1 aromatic heterocycles. The molecule has 0 atom stereocenters. The van der Waals surface area contributed by atoms with Gasteiger partial charge in [-0.1, -0.05) is 6.07 Å². The lowest BCUT2D eigenvalue weighted by atomic mass is 10.1. The van der Waals surface area contributed by atoms with E-state index in [1.165, 1.54) is 12.1 Å². The molecule has 0 aliphatic rings. The normalized spacial score (nSPS) is 10.8. The number of nitrogen functional groups attached to an aromatic ring is 1. The molecular weight excluding hydrogens is 339 g/mol. The van der Waals surface area contributed by atoms with Gasteiger partial charge in [0.2, 0.25) is 0 Å². The Morgan fingerprint density at radius 3 is 3.00 bits per heavy atom. The monoisotopic (exact) mass is 348 g/mol. The molecule has 1 amide bonds. The second-order valence-electron chi connectivity index (χ2n) is 4.44. The van der Waals surface area contributed by atoms with Crippen LogP contribution in [0.4, 0.5) is 15.8 Å². The maximum Gasteiger partial charge on any atom is 0.256 e. The number of benzene rings is 2. The minimum absolute atomic E-state index is 0.0788. The first-order valence-corrected chi connectivity index (χ1v) is 6.83. The van der Waals surface area contributed by atoms with Gasteiger partial charge in [-0.15, -0.1) is 0 Å². The summed E-state index contributed by atoms with van der Waals surface area (Å²) in [6, 6.07) is 7.87. The fourth-order valence-corrected chi connectivity index (χ4v) is 2.50. The summed E-state index contributed by atoms with van der Waals surface area (Å²) in [5, 5.41) is 10.3. The first-order valence-electron chi connectivity index (χ1n) is 6.04. The summed E-state index contributed by atoms with van der Waals surface area (Å²) in [5.41, 5.74) is 7.11. The minimum atomic E-state index is -0.574. The third-order valence-corrected chi connectivity index (χ3v) is 3.72. The van der Waals surface area contributed by atoms with Gasteiger partial charge >= 0.3 is 0 Å². The smallest absolute Gasteiger partial charge is 0.256 e. The third kappa shape index (κ3) is 2.47. The van der Waals surface area contributed by atoms with Crippen LogP contribution in [0.3, 0.4) is 0 Å². The Morgan fingerprint density at radius 1 is 1.38 bits per heavy atom. The van der Waals surface area contributed by atoms with E-state index < -0.39 is 5.82 Å². The second-order valence-corrected chi connectivity index (χ2v) is 5.30. The number of anilines is 2. The number of carbonyl (C=O) groups is 1. The Bertz CT molecular complexity index is 846. The molecule has 0 spiro atoms. The van der Waals surface area contributed by atoms with E-state index in [9.17, 15) is 9.18 Å². The van der Waals surface area contributed by atoms with Crippen molar-refractivity contribution in [2.24, 2.45) is 0 Å². The summed E-state index contributed by atoms with van der Waals surface area (Å²) in [6.45, 7) is 0. The van der Waals surface area contributed by atoms with Crippen molar-refractivity contribution in [3.8, 4) is 0 Å². The fraction of sp³-hybridized carbons (Fsp3) is 0. The topological polar surface area (TPSA) is 83.8 Å². The number of H-pyrrole nitrogens is 1. The highest BCUT2D eigenvalue weighted by molar-refractivity contribution is 9.10. The highest BCUT2D eigenvalue weighted by atomic mass is 79.9. The zero-order chi connectivity index (χ0) is 15.0. The summed E-state index contributed by atoms with van der Waals surface area (Å²) >= 11 is 3.16. The van der Waals surface area contributed by atoms with Crippen LogP contribution < -0.4 is 11.1 Å². The molecule has 7 heteroatoms. The quantitative estimate of drug-likeness (QED) is 0.621. The maximum atomic E-state index is 13.3. The molecule has 106 valence electrons. The van der Waals surface area contributed by atoms with Crippen LogP contribution in [0.25, 0.3) is 10.9 Å². The van der Waals surface area contributed by atoms with Gasteiger partial charge in [-0.05, 0) is 40.2 Å². The Kier molecular flexibility index (Phi) is 3.34. The predicted molar refractivity (Wildman–Crippen MR) is 82.6 cm³/mol. The summed E-state index contributed by atoms with van der Waals surface area (Å²) in [7, 11) is 0. The van der Waals surface area contributed by atoms with E-state index in [1.807, 2.05) is 6.07 Å². The first-order chi connectivity index (χ1) is 10.1. The first kappa shape index (κ1) is 13.6. The van der Waals surface area contributed by atoms with Crippen LogP contribution >= 0.6 is 15.9 Å². The molecule has 3 aromatic rings. The largest absolute Gasteiger partial charge is 0.396 e. The molecule has 2 aromatic carbocycles. The third-order valence-electron chi connectivity index (χ3n) is 3.06. The number of aromatic nitrogens is 2. The number of carbonyl (C=O) groups excluding carboxylic acids is 1. The molecule has 0 aliphatic carbocycles. The summed E-state index contributed by atoms with van der Waals surface area (Å²) in [4.78, 5) is 12.3.